The smallest absolute Gasteiger partial charge is 0.376 e. The van der Waals surface area contributed by atoms with Gasteiger partial charge in [-0.1, -0.05) is 26.8 Å². The maximum absolute atomic E-state index is 13.3. The molecule has 0 amide bonds. The molecular formula is C15H21F4NO. The summed E-state index contributed by atoms with van der Waals surface area (Å²) in [5.41, 5.74) is 4.60. The molecule has 2 nitrogen and oxygen atoms in total. The Balaban J connectivity index is 3.20. The maximum Gasteiger partial charge on any atom is 0.419 e. The van der Waals surface area contributed by atoms with Crippen LogP contribution in [0.15, 0.2) is 18.2 Å². The van der Waals surface area contributed by atoms with E-state index in [-0.39, 0.29) is 11.0 Å². The van der Waals surface area contributed by atoms with Crippen LogP contribution in [0.1, 0.15) is 44.9 Å². The first-order valence-electron chi connectivity index (χ1n) is 6.72. The molecule has 0 aliphatic carbocycles. The number of hydrogen-bond donors (Lipinski definition) is 1. The van der Waals surface area contributed by atoms with Crippen molar-refractivity contribution in [3.63, 3.8) is 0 Å². The standard InChI is InChI=1S/C15H21F4NO/c1-5-21-13(14(2,3)4)12(20)9-6-7-11(16)10(8-9)15(17,18)19/h6-8,12-13H,5,20H2,1-4H3. The lowest BCUT2D eigenvalue weighted by Crippen LogP contribution is -2.39. The third-order valence-corrected chi connectivity index (χ3v) is 3.21. The van der Waals surface area contributed by atoms with Crippen molar-refractivity contribution in [1.82, 2.24) is 0 Å². The molecule has 2 atom stereocenters. The van der Waals surface area contributed by atoms with E-state index in [0.29, 0.717) is 6.61 Å². The summed E-state index contributed by atoms with van der Waals surface area (Å²) in [5, 5.41) is 0. The summed E-state index contributed by atoms with van der Waals surface area (Å²) in [5.74, 6) is -1.30. The normalized spacial score (nSPS) is 15.9. The Kier molecular flexibility index (Phi) is 5.39. The van der Waals surface area contributed by atoms with Gasteiger partial charge in [-0.05, 0) is 30.0 Å². The van der Waals surface area contributed by atoms with E-state index in [1.165, 1.54) is 6.07 Å². The van der Waals surface area contributed by atoms with Gasteiger partial charge in [-0.3, -0.25) is 0 Å². The van der Waals surface area contributed by atoms with Gasteiger partial charge in [0.25, 0.3) is 0 Å². The van der Waals surface area contributed by atoms with E-state index in [0.717, 1.165) is 12.1 Å². The Labute approximate surface area is 122 Å². The van der Waals surface area contributed by atoms with Crippen LogP contribution in [0.5, 0.6) is 0 Å². The minimum absolute atomic E-state index is 0.206. The highest BCUT2D eigenvalue weighted by Gasteiger charge is 2.36. The van der Waals surface area contributed by atoms with E-state index in [2.05, 4.69) is 0 Å². The Bertz CT molecular complexity index is 480. The lowest BCUT2D eigenvalue weighted by Gasteiger charge is -2.35. The molecule has 0 fully saturated rings. The SMILES string of the molecule is CCOC(C(N)c1ccc(F)c(C(F)(F)F)c1)C(C)(C)C. The highest BCUT2D eigenvalue weighted by Crippen LogP contribution is 2.36. The molecule has 0 saturated heterocycles. The third kappa shape index (κ3) is 4.41. The minimum Gasteiger partial charge on any atom is -0.376 e. The van der Waals surface area contributed by atoms with Gasteiger partial charge in [0, 0.05) is 6.61 Å². The Morgan fingerprint density at radius 3 is 2.19 bits per heavy atom. The van der Waals surface area contributed by atoms with E-state index < -0.39 is 29.7 Å². The average molecular weight is 307 g/mol. The second kappa shape index (κ2) is 6.32. The molecule has 0 spiro atoms. The summed E-state index contributed by atoms with van der Waals surface area (Å²) in [6.07, 6.45) is -5.23. The van der Waals surface area contributed by atoms with Crippen LogP contribution in [0.2, 0.25) is 0 Å². The van der Waals surface area contributed by atoms with Crippen molar-refractivity contribution in [3.05, 3.63) is 35.1 Å². The summed E-state index contributed by atoms with van der Waals surface area (Å²) < 4.78 is 57.2. The molecule has 1 aromatic rings. The van der Waals surface area contributed by atoms with Crippen molar-refractivity contribution < 1.29 is 22.3 Å². The molecule has 2 N–H and O–H groups in total. The van der Waals surface area contributed by atoms with Crippen LogP contribution in [-0.2, 0) is 10.9 Å². The van der Waals surface area contributed by atoms with Gasteiger partial charge in [0.1, 0.15) is 5.82 Å². The van der Waals surface area contributed by atoms with Crippen molar-refractivity contribution >= 4 is 0 Å². The summed E-state index contributed by atoms with van der Waals surface area (Å²) in [6.45, 7) is 7.85. The van der Waals surface area contributed by atoms with E-state index in [4.69, 9.17) is 10.5 Å². The highest BCUT2D eigenvalue weighted by atomic mass is 19.4. The van der Waals surface area contributed by atoms with Crippen LogP contribution in [0.25, 0.3) is 0 Å². The molecule has 0 radical (unpaired) electrons. The maximum atomic E-state index is 13.3. The zero-order valence-electron chi connectivity index (χ0n) is 12.6. The molecule has 1 aromatic carbocycles. The van der Waals surface area contributed by atoms with Crippen molar-refractivity contribution in [2.45, 2.75) is 46.0 Å². The summed E-state index contributed by atoms with van der Waals surface area (Å²) in [7, 11) is 0. The molecule has 0 bridgehead atoms. The van der Waals surface area contributed by atoms with Crippen LogP contribution in [0.4, 0.5) is 17.6 Å². The average Bonchev–Trinajstić information content (AvgIpc) is 2.33. The van der Waals surface area contributed by atoms with Crippen LogP contribution in [-0.4, -0.2) is 12.7 Å². The fourth-order valence-corrected chi connectivity index (χ4v) is 2.21. The largest absolute Gasteiger partial charge is 0.419 e. The van der Waals surface area contributed by atoms with Crippen molar-refractivity contribution in [2.75, 3.05) is 6.61 Å². The quantitative estimate of drug-likeness (QED) is 0.842. The second-order valence-electron chi connectivity index (χ2n) is 6.00. The fraction of sp³-hybridized carbons (Fsp3) is 0.600. The molecule has 0 aliphatic rings. The van der Waals surface area contributed by atoms with Crippen molar-refractivity contribution in [1.29, 1.82) is 0 Å². The first-order chi connectivity index (χ1) is 9.48. The topological polar surface area (TPSA) is 35.2 Å². The second-order valence-corrected chi connectivity index (χ2v) is 6.00. The molecule has 0 aromatic heterocycles. The van der Waals surface area contributed by atoms with Gasteiger partial charge in [-0.2, -0.15) is 13.2 Å². The lowest BCUT2D eigenvalue weighted by atomic mass is 9.82. The van der Waals surface area contributed by atoms with Gasteiger partial charge in [0.15, 0.2) is 0 Å². The zero-order valence-corrected chi connectivity index (χ0v) is 12.6. The summed E-state index contributed by atoms with van der Waals surface area (Å²) >= 11 is 0. The van der Waals surface area contributed by atoms with E-state index in [9.17, 15) is 17.6 Å². The number of alkyl halides is 3. The van der Waals surface area contributed by atoms with Gasteiger partial charge in [0.2, 0.25) is 0 Å². The minimum atomic E-state index is -4.75. The van der Waals surface area contributed by atoms with Crippen LogP contribution < -0.4 is 5.73 Å². The van der Waals surface area contributed by atoms with E-state index >= 15 is 0 Å². The number of halogens is 4. The Morgan fingerprint density at radius 2 is 1.76 bits per heavy atom. The first kappa shape index (κ1) is 17.9. The molecule has 0 heterocycles. The number of rotatable bonds is 4. The number of hydrogen-bond acceptors (Lipinski definition) is 2. The number of nitrogens with two attached hydrogens (primary N) is 1. The van der Waals surface area contributed by atoms with Gasteiger partial charge >= 0.3 is 6.18 Å². The number of benzene rings is 1. The molecule has 0 aliphatic heterocycles. The molecule has 21 heavy (non-hydrogen) atoms. The Hall–Kier alpha value is -1.14. The highest BCUT2D eigenvalue weighted by molar-refractivity contribution is 5.30. The molecule has 6 heteroatoms. The van der Waals surface area contributed by atoms with Gasteiger partial charge in [-0.25, -0.2) is 4.39 Å². The first-order valence-corrected chi connectivity index (χ1v) is 6.72. The molecule has 2 unspecified atom stereocenters. The van der Waals surface area contributed by atoms with Crippen molar-refractivity contribution in [2.24, 2.45) is 11.1 Å². The molecule has 120 valence electrons. The van der Waals surface area contributed by atoms with Crippen LogP contribution in [0, 0.1) is 11.2 Å². The van der Waals surface area contributed by atoms with E-state index in [1.54, 1.807) is 6.92 Å². The lowest BCUT2D eigenvalue weighted by molar-refractivity contribution is -0.140. The predicted octanol–water partition coefficient (Wildman–Crippen LogP) is 4.30. The van der Waals surface area contributed by atoms with Gasteiger partial charge < -0.3 is 10.5 Å². The van der Waals surface area contributed by atoms with Crippen molar-refractivity contribution in [3.8, 4) is 0 Å². The monoisotopic (exact) mass is 307 g/mol. The van der Waals surface area contributed by atoms with Gasteiger partial charge in [-0.15, -0.1) is 0 Å². The van der Waals surface area contributed by atoms with Crippen LogP contribution in [0.3, 0.4) is 0 Å². The van der Waals surface area contributed by atoms with Gasteiger partial charge in [0.05, 0.1) is 17.7 Å². The fourth-order valence-electron chi connectivity index (χ4n) is 2.21. The predicted molar refractivity (Wildman–Crippen MR) is 73.2 cm³/mol. The number of ether oxygens (including phenoxy) is 1. The molecule has 0 saturated carbocycles. The van der Waals surface area contributed by atoms with Crippen LogP contribution >= 0.6 is 0 Å². The summed E-state index contributed by atoms with van der Waals surface area (Å²) in [6, 6.07) is 2.06. The third-order valence-electron chi connectivity index (χ3n) is 3.21. The molecular weight excluding hydrogens is 286 g/mol. The molecule has 1 rings (SSSR count). The summed E-state index contributed by atoms with van der Waals surface area (Å²) in [4.78, 5) is 0. The van der Waals surface area contributed by atoms with E-state index in [1.807, 2.05) is 20.8 Å². The zero-order chi connectivity index (χ0) is 16.4. The Morgan fingerprint density at radius 1 is 1.19 bits per heavy atom.